The topological polar surface area (TPSA) is 208 Å². The van der Waals surface area contributed by atoms with Crippen LogP contribution in [0, 0.1) is 5.92 Å². The number of carboxylic acids is 2. The summed E-state index contributed by atoms with van der Waals surface area (Å²) in [7, 11) is 0. The van der Waals surface area contributed by atoms with Crippen LogP contribution in [0.4, 0.5) is 0 Å². The molecule has 5 atom stereocenters. The molecule has 0 rings (SSSR count). The van der Waals surface area contributed by atoms with Gasteiger partial charge in [0.2, 0.25) is 17.7 Å². The number of aliphatic hydroxyl groups excluding tert-OH is 1. The third-order valence-corrected chi connectivity index (χ3v) is 5.19. The van der Waals surface area contributed by atoms with Crippen molar-refractivity contribution < 1.29 is 39.3 Å². The average Bonchev–Trinajstić information content (AvgIpc) is 2.69. The van der Waals surface area contributed by atoms with Gasteiger partial charge in [-0.3, -0.25) is 19.2 Å². The lowest BCUT2D eigenvalue weighted by atomic mass is 10.0. The lowest BCUT2D eigenvalue weighted by Crippen LogP contribution is -2.60. The second-order valence-corrected chi connectivity index (χ2v) is 8.66. The predicted octanol–water partition coefficient (Wildman–Crippen LogP) is -1.49. The van der Waals surface area contributed by atoms with E-state index in [0.717, 1.165) is 0 Å². The maximum Gasteiger partial charge on any atom is 0.326 e. The van der Waals surface area contributed by atoms with Crippen molar-refractivity contribution >= 4 is 41.4 Å². The van der Waals surface area contributed by atoms with Crippen molar-refractivity contribution in [1.29, 1.82) is 0 Å². The van der Waals surface area contributed by atoms with Crippen LogP contribution in [0.1, 0.15) is 40.0 Å². The number of nitrogens with two attached hydrogens (primary N) is 1. The Kier molecular flexibility index (Phi) is 13.5. The van der Waals surface area contributed by atoms with Crippen molar-refractivity contribution in [2.24, 2.45) is 11.7 Å². The van der Waals surface area contributed by atoms with Crippen molar-refractivity contribution in [3.63, 3.8) is 0 Å². The second-order valence-electron chi connectivity index (χ2n) is 7.68. The molecule has 0 aliphatic rings. The Balaban J connectivity index is 5.44. The monoisotopic (exact) mass is 478 g/mol. The quantitative estimate of drug-likeness (QED) is 0.145. The Morgan fingerprint density at radius 2 is 1.44 bits per heavy atom. The van der Waals surface area contributed by atoms with Gasteiger partial charge in [0.15, 0.2) is 0 Å². The Morgan fingerprint density at radius 1 is 0.875 bits per heavy atom. The summed E-state index contributed by atoms with van der Waals surface area (Å²) < 4.78 is 0. The average molecular weight is 479 g/mol. The Labute approximate surface area is 191 Å². The number of carbonyl (C=O) groups is 5. The van der Waals surface area contributed by atoms with E-state index in [1.54, 1.807) is 13.8 Å². The van der Waals surface area contributed by atoms with Gasteiger partial charge in [0.25, 0.3) is 0 Å². The molecule has 0 fully saturated rings. The molecule has 0 aliphatic carbocycles. The maximum atomic E-state index is 12.7. The third kappa shape index (κ3) is 10.8. The molecule has 184 valence electrons. The van der Waals surface area contributed by atoms with Crippen LogP contribution in [0.3, 0.4) is 0 Å². The van der Waals surface area contributed by atoms with E-state index in [0.29, 0.717) is 12.2 Å². The summed E-state index contributed by atoms with van der Waals surface area (Å²) in [6.45, 7) is 4.40. The molecule has 0 saturated heterocycles. The van der Waals surface area contributed by atoms with Crippen molar-refractivity contribution in [1.82, 2.24) is 16.0 Å². The zero-order valence-corrected chi connectivity index (χ0v) is 19.5. The minimum absolute atomic E-state index is 0.328. The highest BCUT2D eigenvalue weighted by atomic mass is 32.2. The summed E-state index contributed by atoms with van der Waals surface area (Å²) in [6, 6.07) is -5.02. The number of hydrogen-bond acceptors (Lipinski definition) is 8. The molecule has 0 aromatic rings. The lowest BCUT2D eigenvalue weighted by Gasteiger charge is -2.27. The number of thioether (sulfide) groups is 1. The van der Waals surface area contributed by atoms with E-state index in [4.69, 9.17) is 10.8 Å². The second kappa shape index (κ2) is 14.6. The molecule has 0 bridgehead atoms. The number of rotatable bonds is 15. The zero-order chi connectivity index (χ0) is 25.0. The molecule has 0 saturated carbocycles. The fourth-order valence-electron chi connectivity index (χ4n) is 2.61. The van der Waals surface area contributed by atoms with Gasteiger partial charge >= 0.3 is 11.9 Å². The highest BCUT2D eigenvalue weighted by Gasteiger charge is 2.33. The van der Waals surface area contributed by atoms with E-state index in [2.05, 4.69) is 16.0 Å². The minimum Gasteiger partial charge on any atom is -0.481 e. The normalized spacial score (nSPS) is 15.7. The molecule has 3 amide bonds. The summed E-state index contributed by atoms with van der Waals surface area (Å²) in [4.78, 5) is 59.8. The Hall–Kier alpha value is -2.38. The number of carbonyl (C=O) groups excluding carboxylic acids is 3. The molecule has 5 unspecified atom stereocenters. The van der Waals surface area contributed by atoms with Gasteiger partial charge in [-0.25, -0.2) is 4.79 Å². The summed E-state index contributed by atoms with van der Waals surface area (Å²) >= 11 is 1.48. The third-order valence-electron chi connectivity index (χ3n) is 4.54. The first kappa shape index (κ1) is 29.6. The Morgan fingerprint density at radius 3 is 1.88 bits per heavy atom. The molecular weight excluding hydrogens is 444 g/mol. The molecule has 8 N–H and O–H groups in total. The highest BCUT2D eigenvalue weighted by molar-refractivity contribution is 7.98. The minimum atomic E-state index is -1.46. The number of nitrogens with one attached hydrogen (secondary N) is 3. The van der Waals surface area contributed by atoms with Gasteiger partial charge < -0.3 is 37.0 Å². The molecule has 32 heavy (non-hydrogen) atoms. The standard InChI is InChI=1S/C19H34N4O8S/c1-9(2)14(19(30)31)22-17(28)12(5-6-13(25)26)21-18(29)15(10(3)24)23-16(27)11(20)7-8-32-4/h9-12,14-15,24H,5-8,20H2,1-4H3,(H,21,29)(H,22,28)(H,23,27)(H,25,26)(H,30,31). The van der Waals surface area contributed by atoms with Crippen LogP contribution < -0.4 is 21.7 Å². The van der Waals surface area contributed by atoms with Crippen molar-refractivity contribution in [3.8, 4) is 0 Å². The SMILES string of the molecule is CSCCC(N)C(=O)NC(C(=O)NC(CCC(=O)O)C(=O)NC(C(=O)O)C(C)C)C(C)O. The van der Waals surface area contributed by atoms with E-state index >= 15 is 0 Å². The van der Waals surface area contributed by atoms with Crippen LogP contribution in [0.25, 0.3) is 0 Å². The van der Waals surface area contributed by atoms with Crippen molar-refractivity contribution in [2.45, 2.75) is 70.3 Å². The van der Waals surface area contributed by atoms with Crippen LogP contribution in [0.5, 0.6) is 0 Å². The number of amides is 3. The summed E-state index contributed by atoms with van der Waals surface area (Å²) in [5.74, 6) is -4.88. The first-order valence-electron chi connectivity index (χ1n) is 10.1. The van der Waals surface area contributed by atoms with E-state index in [-0.39, 0.29) is 6.42 Å². The van der Waals surface area contributed by atoms with Crippen LogP contribution in [-0.4, -0.2) is 87.3 Å². The van der Waals surface area contributed by atoms with Gasteiger partial charge in [-0.15, -0.1) is 0 Å². The van der Waals surface area contributed by atoms with Gasteiger partial charge in [0, 0.05) is 6.42 Å². The van der Waals surface area contributed by atoms with Crippen molar-refractivity contribution in [2.75, 3.05) is 12.0 Å². The van der Waals surface area contributed by atoms with Gasteiger partial charge in [0.1, 0.15) is 18.1 Å². The van der Waals surface area contributed by atoms with Crippen LogP contribution in [0.15, 0.2) is 0 Å². The molecule has 0 aromatic carbocycles. The number of aliphatic hydroxyl groups is 1. The summed E-state index contributed by atoms with van der Waals surface area (Å²) in [5, 5.41) is 35.1. The molecule has 0 heterocycles. The highest BCUT2D eigenvalue weighted by Crippen LogP contribution is 2.06. The summed E-state index contributed by atoms with van der Waals surface area (Å²) in [5.41, 5.74) is 5.77. The predicted molar refractivity (Wildman–Crippen MR) is 118 cm³/mol. The van der Waals surface area contributed by atoms with Crippen LogP contribution in [-0.2, 0) is 24.0 Å². The van der Waals surface area contributed by atoms with E-state index < -0.39 is 72.3 Å². The van der Waals surface area contributed by atoms with E-state index in [1.807, 2.05) is 6.26 Å². The number of aliphatic carboxylic acids is 2. The van der Waals surface area contributed by atoms with Gasteiger partial charge in [0.05, 0.1) is 12.1 Å². The number of carboxylic acid groups (broad SMARTS) is 2. The fraction of sp³-hybridized carbons (Fsp3) is 0.737. The number of hydrogen-bond donors (Lipinski definition) is 7. The van der Waals surface area contributed by atoms with E-state index in [1.165, 1.54) is 18.7 Å². The largest absolute Gasteiger partial charge is 0.481 e. The smallest absolute Gasteiger partial charge is 0.326 e. The fourth-order valence-corrected chi connectivity index (χ4v) is 3.10. The van der Waals surface area contributed by atoms with Crippen LogP contribution in [0.2, 0.25) is 0 Å². The molecule has 0 radical (unpaired) electrons. The van der Waals surface area contributed by atoms with Gasteiger partial charge in [-0.1, -0.05) is 13.8 Å². The molecule has 13 heteroatoms. The van der Waals surface area contributed by atoms with Gasteiger partial charge in [-0.2, -0.15) is 11.8 Å². The van der Waals surface area contributed by atoms with Crippen molar-refractivity contribution in [3.05, 3.63) is 0 Å². The Bertz CT molecular complexity index is 674. The molecule has 12 nitrogen and oxygen atoms in total. The molecule has 0 aromatic heterocycles. The first-order chi connectivity index (χ1) is 14.8. The molecule has 0 spiro atoms. The first-order valence-corrected chi connectivity index (χ1v) is 11.5. The van der Waals surface area contributed by atoms with Gasteiger partial charge in [-0.05, 0) is 37.7 Å². The van der Waals surface area contributed by atoms with Crippen LogP contribution >= 0.6 is 11.8 Å². The zero-order valence-electron chi connectivity index (χ0n) is 18.7. The summed E-state index contributed by atoms with van der Waals surface area (Å²) in [6.07, 6.45) is 0.0232. The van der Waals surface area contributed by atoms with E-state index in [9.17, 15) is 34.2 Å². The molecular formula is C19H34N4O8S. The molecule has 0 aliphatic heterocycles. The maximum absolute atomic E-state index is 12.7. The lowest BCUT2D eigenvalue weighted by molar-refractivity contribution is -0.144.